The minimum atomic E-state index is -0.276. The highest BCUT2D eigenvalue weighted by molar-refractivity contribution is 5.95. The summed E-state index contributed by atoms with van der Waals surface area (Å²) < 4.78 is 0. The summed E-state index contributed by atoms with van der Waals surface area (Å²) in [4.78, 5) is 24.0. The molecule has 0 aliphatic carbocycles. The Bertz CT molecular complexity index is 729. The Morgan fingerprint density at radius 2 is 1.44 bits per heavy atom. The summed E-state index contributed by atoms with van der Waals surface area (Å²) in [5, 5.41) is 8.79. The van der Waals surface area contributed by atoms with E-state index in [4.69, 9.17) is 0 Å². The summed E-state index contributed by atoms with van der Waals surface area (Å²) in [7, 11) is 0. The minimum Gasteiger partial charge on any atom is -0.376 e. The van der Waals surface area contributed by atoms with Crippen LogP contribution in [0.3, 0.4) is 0 Å². The lowest BCUT2D eigenvalue weighted by Crippen LogP contribution is -2.40. The topological polar surface area (TPSA) is 70.2 Å². The normalized spacial score (nSPS) is 10.9. The summed E-state index contributed by atoms with van der Waals surface area (Å²) in [5.41, 5.74) is 3.01. The van der Waals surface area contributed by atoms with Gasteiger partial charge in [-0.05, 0) is 64.1 Å². The summed E-state index contributed by atoms with van der Waals surface area (Å²) in [6.07, 6.45) is 0. The van der Waals surface area contributed by atoms with Crippen LogP contribution in [0.5, 0.6) is 0 Å². The number of nitrogens with one attached hydrogen (secondary N) is 3. The highest BCUT2D eigenvalue weighted by atomic mass is 16.2. The van der Waals surface area contributed by atoms with Gasteiger partial charge in [-0.3, -0.25) is 9.59 Å². The Hall–Kier alpha value is -2.82. The molecular weight excluding hydrogens is 314 g/mol. The fourth-order valence-corrected chi connectivity index (χ4v) is 2.18. The standard InChI is InChI=1S/C20H25N3O2/c1-14-5-9-17(10-6-14)22-18(24)13-21-16-11-7-15(8-12-16)19(25)23-20(2,3)4/h5-12,21H,13H2,1-4H3,(H,22,24)(H,23,25). The lowest BCUT2D eigenvalue weighted by molar-refractivity contribution is -0.114. The van der Waals surface area contributed by atoms with Crippen LogP contribution >= 0.6 is 0 Å². The molecule has 0 saturated heterocycles. The molecule has 0 atom stereocenters. The minimum absolute atomic E-state index is 0.115. The molecule has 2 rings (SSSR count). The molecule has 0 radical (unpaired) electrons. The van der Waals surface area contributed by atoms with Gasteiger partial charge in [0.2, 0.25) is 5.91 Å². The van der Waals surface area contributed by atoms with Crippen molar-refractivity contribution < 1.29 is 9.59 Å². The van der Waals surface area contributed by atoms with E-state index in [-0.39, 0.29) is 23.9 Å². The first-order valence-electron chi connectivity index (χ1n) is 8.26. The molecular formula is C20H25N3O2. The number of amides is 2. The van der Waals surface area contributed by atoms with Crippen molar-refractivity contribution in [2.45, 2.75) is 33.2 Å². The summed E-state index contributed by atoms with van der Waals surface area (Å²) in [5.74, 6) is -0.241. The second-order valence-corrected chi connectivity index (χ2v) is 7.05. The van der Waals surface area contributed by atoms with Crippen LogP contribution in [0.15, 0.2) is 48.5 Å². The lowest BCUT2D eigenvalue weighted by Gasteiger charge is -2.20. The van der Waals surface area contributed by atoms with Crippen LogP contribution in [0, 0.1) is 6.92 Å². The number of hydrogen-bond acceptors (Lipinski definition) is 3. The molecule has 0 spiro atoms. The Morgan fingerprint density at radius 1 is 0.880 bits per heavy atom. The van der Waals surface area contributed by atoms with Crippen molar-refractivity contribution >= 4 is 23.2 Å². The van der Waals surface area contributed by atoms with Crippen molar-refractivity contribution in [1.29, 1.82) is 0 Å². The summed E-state index contributed by atoms with van der Waals surface area (Å²) in [6, 6.07) is 14.7. The Labute approximate surface area is 148 Å². The quantitative estimate of drug-likeness (QED) is 0.780. The van der Waals surface area contributed by atoms with Gasteiger partial charge in [-0.15, -0.1) is 0 Å². The zero-order valence-electron chi connectivity index (χ0n) is 15.1. The van der Waals surface area contributed by atoms with Crippen molar-refractivity contribution in [1.82, 2.24) is 5.32 Å². The van der Waals surface area contributed by atoms with E-state index in [9.17, 15) is 9.59 Å². The van der Waals surface area contributed by atoms with E-state index in [0.717, 1.165) is 16.9 Å². The third-order valence-electron chi connectivity index (χ3n) is 3.42. The van der Waals surface area contributed by atoms with Crippen LogP contribution < -0.4 is 16.0 Å². The van der Waals surface area contributed by atoms with Crippen LogP contribution in [0.1, 0.15) is 36.7 Å². The maximum atomic E-state index is 12.1. The van der Waals surface area contributed by atoms with Gasteiger partial charge >= 0.3 is 0 Å². The summed E-state index contributed by atoms with van der Waals surface area (Å²) >= 11 is 0. The lowest BCUT2D eigenvalue weighted by atomic mass is 10.1. The predicted octanol–water partition coefficient (Wildman–Crippen LogP) is 3.57. The second kappa shape index (κ2) is 7.83. The van der Waals surface area contributed by atoms with Gasteiger partial charge in [0.05, 0.1) is 6.54 Å². The molecule has 5 nitrogen and oxygen atoms in total. The van der Waals surface area contributed by atoms with E-state index >= 15 is 0 Å². The molecule has 2 aromatic rings. The van der Waals surface area contributed by atoms with Gasteiger partial charge in [0, 0.05) is 22.5 Å². The largest absolute Gasteiger partial charge is 0.376 e. The van der Waals surface area contributed by atoms with Crippen LogP contribution in [-0.4, -0.2) is 23.9 Å². The number of benzene rings is 2. The van der Waals surface area contributed by atoms with Crippen LogP contribution in [-0.2, 0) is 4.79 Å². The molecule has 0 fully saturated rings. The molecule has 0 aromatic heterocycles. The number of hydrogen-bond donors (Lipinski definition) is 3. The fraction of sp³-hybridized carbons (Fsp3) is 0.300. The van der Waals surface area contributed by atoms with E-state index in [1.807, 2.05) is 52.0 Å². The molecule has 132 valence electrons. The van der Waals surface area contributed by atoms with Crippen molar-refractivity contribution in [3.63, 3.8) is 0 Å². The van der Waals surface area contributed by atoms with Crippen LogP contribution in [0.4, 0.5) is 11.4 Å². The molecule has 0 aliphatic heterocycles. The molecule has 0 bridgehead atoms. The molecule has 3 N–H and O–H groups in total. The maximum Gasteiger partial charge on any atom is 0.251 e. The first-order valence-corrected chi connectivity index (χ1v) is 8.26. The zero-order valence-corrected chi connectivity index (χ0v) is 15.1. The van der Waals surface area contributed by atoms with Gasteiger partial charge in [-0.2, -0.15) is 0 Å². The second-order valence-electron chi connectivity index (χ2n) is 7.05. The van der Waals surface area contributed by atoms with E-state index < -0.39 is 0 Å². The first kappa shape index (κ1) is 18.5. The maximum absolute atomic E-state index is 12.1. The number of carbonyl (C=O) groups excluding carboxylic acids is 2. The zero-order chi connectivity index (χ0) is 18.4. The van der Waals surface area contributed by atoms with Gasteiger partial charge in [-0.25, -0.2) is 0 Å². The molecule has 0 unspecified atom stereocenters. The molecule has 25 heavy (non-hydrogen) atoms. The van der Waals surface area contributed by atoms with Gasteiger partial charge in [-0.1, -0.05) is 17.7 Å². The Kier molecular flexibility index (Phi) is 5.80. The number of aryl methyl sites for hydroxylation is 1. The number of carbonyl (C=O) groups is 2. The van der Waals surface area contributed by atoms with E-state index in [1.54, 1.807) is 24.3 Å². The third-order valence-corrected chi connectivity index (χ3v) is 3.42. The molecule has 2 aromatic carbocycles. The van der Waals surface area contributed by atoms with Crippen LogP contribution in [0.25, 0.3) is 0 Å². The average molecular weight is 339 g/mol. The van der Waals surface area contributed by atoms with Crippen LogP contribution in [0.2, 0.25) is 0 Å². The predicted molar refractivity (Wildman–Crippen MR) is 102 cm³/mol. The first-order chi connectivity index (χ1) is 11.7. The van der Waals surface area contributed by atoms with Crippen molar-refractivity contribution in [2.24, 2.45) is 0 Å². The van der Waals surface area contributed by atoms with E-state index in [0.29, 0.717) is 5.56 Å². The Morgan fingerprint density at radius 3 is 2.00 bits per heavy atom. The van der Waals surface area contributed by atoms with E-state index in [2.05, 4.69) is 16.0 Å². The Balaban J connectivity index is 1.85. The number of rotatable bonds is 5. The average Bonchev–Trinajstić information content (AvgIpc) is 2.54. The van der Waals surface area contributed by atoms with Crippen molar-refractivity contribution in [2.75, 3.05) is 17.2 Å². The molecule has 0 heterocycles. The van der Waals surface area contributed by atoms with Crippen molar-refractivity contribution in [3.05, 3.63) is 59.7 Å². The monoisotopic (exact) mass is 339 g/mol. The summed E-state index contributed by atoms with van der Waals surface area (Å²) in [6.45, 7) is 7.97. The number of anilines is 2. The molecule has 0 saturated carbocycles. The van der Waals surface area contributed by atoms with Gasteiger partial charge in [0.25, 0.3) is 5.91 Å². The molecule has 5 heteroatoms. The fourth-order valence-electron chi connectivity index (χ4n) is 2.18. The molecule has 0 aliphatic rings. The smallest absolute Gasteiger partial charge is 0.251 e. The van der Waals surface area contributed by atoms with E-state index in [1.165, 1.54) is 0 Å². The van der Waals surface area contributed by atoms with Gasteiger partial charge < -0.3 is 16.0 Å². The van der Waals surface area contributed by atoms with Gasteiger partial charge in [0.1, 0.15) is 0 Å². The SMILES string of the molecule is Cc1ccc(NC(=O)CNc2ccc(C(=O)NC(C)(C)C)cc2)cc1. The van der Waals surface area contributed by atoms with Gasteiger partial charge in [0.15, 0.2) is 0 Å². The highest BCUT2D eigenvalue weighted by Crippen LogP contribution is 2.12. The molecule has 2 amide bonds. The third kappa shape index (κ3) is 6.30. The highest BCUT2D eigenvalue weighted by Gasteiger charge is 2.15. The van der Waals surface area contributed by atoms with Crippen molar-refractivity contribution in [3.8, 4) is 0 Å².